The summed E-state index contributed by atoms with van der Waals surface area (Å²) in [7, 11) is 0. The fourth-order valence-electron chi connectivity index (χ4n) is 1.30. The van der Waals surface area contributed by atoms with Crippen LogP contribution in [-0.4, -0.2) is 17.0 Å². The molecule has 2 N–H and O–H groups in total. The smallest absolute Gasteiger partial charge is 0.416 e. The van der Waals surface area contributed by atoms with Gasteiger partial charge in [0.1, 0.15) is 11.5 Å². The minimum atomic E-state index is -4.62. The first kappa shape index (κ1) is 16.5. The van der Waals surface area contributed by atoms with Gasteiger partial charge in [-0.3, -0.25) is 9.59 Å². The molecule has 8 heteroatoms. The number of alkyl halides is 3. The van der Waals surface area contributed by atoms with Crippen LogP contribution in [0.15, 0.2) is 18.2 Å². The Kier molecular flexibility index (Phi) is 4.27. The lowest BCUT2D eigenvalue weighted by Crippen LogP contribution is -2.38. The van der Waals surface area contributed by atoms with Crippen LogP contribution in [0.4, 0.5) is 18.9 Å². The van der Waals surface area contributed by atoms with Crippen molar-refractivity contribution in [2.24, 2.45) is 5.41 Å². The highest BCUT2D eigenvalue weighted by Crippen LogP contribution is 2.32. The minimum absolute atomic E-state index is 0.176. The maximum absolute atomic E-state index is 12.5. The Labute approximate surface area is 118 Å². The Morgan fingerprint density at radius 2 is 1.86 bits per heavy atom. The van der Waals surface area contributed by atoms with Gasteiger partial charge in [-0.05, 0) is 32.0 Å². The summed E-state index contributed by atoms with van der Waals surface area (Å²) in [6.07, 6.45) is -4.62. The molecule has 0 saturated carbocycles. The third kappa shape index (κ3) is 3.51. The molecule has 0 unspecified atom stereocenters. The van der Waals surface area contributed by atoms with E-state index in [2.05, 4.69) is 5.32 Å². The fourth-order valence-corrected chi connectivity index (χ4v) is 1.30. The first-order valence-corrected chi connectivity index (χ1v) is 5.66. The predicted octanol–water partition coefficient (Wildman–Crippen LogP) is 2.63. The molecule has 0 aliphatic carbocycles. The Bertz CT molecular complexity index is 631. The first-order valence-electron chi connectivity index (χ1n) is 5.66. The van der Waals surface area contributed by atoms with E-state index in [1.54, 1.807) is 0 Å². The first-order chi connectivity index (χ1) is 9.50. The molecule has 0 bridgehead atoms. The number of nitrogens with one attached hydrogen (secondary N) is 1. The zero-order chi connectivity index (χ0) is 16.4. The van der Waals surface area contributed by atoms with Gasteiger partial charge < -0.3 is 10.4 Å². The second-order valence-corrected chi connectivity index (χ2v) is 4.75. The van der Waals surface area contributed by atoms with Crippen molar-refractivity contribution in [1.29, 1.82) is 5.26 Å². The lowest BCUT2D eigenvalue weighted by Gasteiger charge is -2.19. The summed E-state index contributed by atoms with van der Waals surface area (Å²) in [5.41, 5.74) is -3.39. The van der Waals surface area contributed by atoms with Crippen molar-refractivity contribution in [1.82, 2.24) is 0 Å². The van der Waals surface area contributed by atoms with Crippen molar-refractivity contribution in [2.45, 2.75) is 20.0 Å². The number of nitriles is 1. The topological polar surface area (TPSA) is 90.2 Å². The molecule has 0 aliphatic heterocycles. The highest BCUT2D eigenvalue weighted by Gasteiger charge is 2.37. The monoisotopic (exact) mass is 300 g/mol. The molecule has 0 saturated heterocycles. The van der Waals surface area contributed by atoms with E-state index in [4.69, 9.17) is 10.4 Å². The van der Waals surface area contributed by atoms with Gasteiger partial charge in [-0.25, -0.2) is 0 Å². The molecular weight excluding hydrogens is 289 g/mol. The van der Waals surface area contributed by atoms with Gasteiger partial charge in [-0.2, -0.15) is 18.4 Å². The third-order valence-corrected chi connectivity index (χ3v) is 2.82. The summed E-state index contributed by atoms with van der Waals surface area (Å²) >= 11 is 0. The molecule has 0 spiro atoms. The van der Waals surface area contributed by atoms with Crippen molar-refractivity contribution in [3.63, 3.8) is 0 Å². The lowest BCUT2D eigenvalue weighted by atomic mass is 9.92. The average molecular weight is 300 g/mol. The summed E-state index contributed by atoms with van der Waals surface area (Å²) in [6, 6.07) is 3.73. The van der Waals surface area contributed by atoms with Gasteiger partial charge in [-0.15, -0.1) is 0 Å². The largest absolute Gasteiger partial charge is 0.480 e. The van der Waals surface area contributed by atoms with Crippen LogP contribution in [0, 0.1) is 16.7 Å². The second-order valence-electron chi connectivity index (χ2n) is 4.75. The van der Waals surface area contributed by atoms with E-state index < -0.39 is 34.6 Å². The average Bonchev–Trinajstić information content (AvgIpc) is 2.37. The van der Waals surface area contributed by atoms with E-state index in [1.165, 1.54) is 6.07 Å². The van der Waals surface area contributed by atoms with Gasteiger partial charge in [-0.1, -0.05) is 0 Å². The molecule has 21 heavy (non-hydrogen) atoms. The molecule has 0 fully saturated rings. The molecule has 1 rings (SSSR count). The van der Waals surface area contributed by atoms with Crippen LogP contribution >= 0.6 is 0 Å². The number of carboxylic acid groups (broad SMARTS) is 1. The molecule has 0 aromatic heterocycles. The van der Waals surface area contributed by atoms with Crippen molar-refractivity contribution < 1.29 is 27.9 Å². The van der Waals surface area contributed by atoms with Crippen LogP contribution in [0.5, 0.6) is 0 Å². The number of hydrogen-bond acceptors (Lipinski definition) is 3. The number of hydrogen-bond donors (Lipinski definition) is 2. The molecule has 5 nitrogen and oxygen atoms in total. The van der Waals surface area contributed by atoms with Crippen molar-refractivity contribution in [3.05, 3.63) is 29.3 Å². The van der Waals surface area contributed by atoms with Crippen molar-refractivity contribution >= 4 is 17.6 Å². The van der Waals surface area contributed by atoms with Crippen molar-refractivity contribution in [3.8, 4) is 6.07 Å². The summed E-state index contributed by atoms with van der Waals surface area (Å²) in [5, 5.41) is 19.9. The number of benzene rings is 1. The molecule has 1 amide bonds. The van der Waals surface area contributed by atoms with E-state index in [1.807, 2.05) is 0 Å². The number of amides is 1. The number of halogens is 3. The molecule has 1 aromatic rings. The number of carboxylic acids is 1. The highest BCUT2D eigenvalue weighted by atomic mass is 19.4. The van der Waals surface area contributed by atoms with Gasteiger partial charge >= 0.3 is 12.1 Å². The third-order valence-electron chi connectivity index (χ3n) is 2.82. The molecule has 0 aliphatic rings. The van der Waals surface area contributed by atoms with Crippen LogP contribution in [0.25, 0.3) is 0 Å². The van der Waals surface area contributed by atoms with Crippen LogP contribution < -0.4 is 5.32 Å². The molecule has 0 radical (unpaired) electrons. The Balaban J connectivity index is 3.14. The van der Waals surface area contributed by atoms with Gasteiger partial charge in [0, 0.05) is 0 Å². The van der Waals surface area contributed by atoms with Crippen LogP contribution in [0.2, 0.25) is 0 Å². The summed E-state index contributed by atoms with van der Waals surface area (Å²) < 4.78 is 37.6. The number of nitrogens with zero attached hydrogens (tertiary/aromatic N) is 1. The minimum Gasteiger partial charge on any atom is -0.480 e. The molecule has 0 heterocycles. The van der Waals surface area contributed by atoms with Gasteiger partial charge in [0.05, 0.1) is 16.8 Å². The van der Waals surface area contributed by atoms with E-state index in [9.17, 15) is 22.8 Å². The van der Waals surface area contributed by atoms with E-state index in [0.29, 0.717) is 12.1 Å². The maximum Gasteiger partial charge on any atom is 0.416 e. The molecular formula is C13H11F3N2O3. The van der Waals surface area contributed by atoms with Crippen molar-refractivity contribution in [2.75, 3.05) is 5.32 Å². The zero-order valence-electron chi connectivity index (χ0n) is 11.1. The fraction of sp³-hybridized carbons (Fsp3) is 0.308. The van der Waals surface area contributed by atoms with E-state index >= 15 is 0 Å². The standard InChI is InChI=1S/C13H11F3N2O3/c1-12(2,11(20)21)10(19)18-9-4-3-8(13(14,15)16)5-7(9)6-17/h3-5H,1-2H3,(H,18,19)(H,20,21). The molecule has 0 atom stereocenters. The number of carbonyl (C=O) groups excluding carboxylic acids is 1. The Hall–Kier alpha value is -2.56. The number of rotatable bonds is 3. The molecule has 112 valence electrons. The normalized spacial score (nSPS) is 11.6. The Morgan fingerprint density at radius 1 is 1.29 bits per heavy atom. The van der Waals surface area contributed by atoms with Gasteiger partial charge in [0.15, 0.2) is 0 Å². The second kappa shape index (κ2) is 5.44. The Morgan fingerprint density at radius 3 is 2.29 bits per heavy atom. The van der Waals surface area contributed by atoms with Crippen LogP contribution in [-0.2, 0) is 15.8 Å². The maximum atomic E-state index is 12.5. The predicted molar refractivity (Wildman–Crippen MR) is 66.2 cm³/mol. The summed E-state index contributed by atoms with van der Waals surface area (Å²) in [6.45, 7) is 2.28. The van der Waals surface area contributed by atoms with Crippen LogP contribution in [0.3, 0.4) is 0 Å². The lowest BCUT2D eigenvalue weighted by molar-refractivity contribution is -0.151. The highest BCUT2D eigenvalue weighted by molar-refractivity contribution is 6.08. The molecule has 1 aromatic carbocycles. The quantitative estimate of drug-likeness (QED) is 0.840. The van der Waals surface area contributed by atoms with E-state index in [0.717, 1.165) is 19.9 Å². The van der Waals surface area contributed by atoms with E-state index in [-0.39, 0.29) is 5.69 Å². The number of carbonyl (C=O) groups is 2. The summed E-state index contributed by atoms with van der Waals surface area (Å²) in [5.74, 6) is -2.34. The van der Waals surface area contributed by atoms with Gasteiger partial charge in [0.2, 0.25) is 5.91 Å². The number of anilines is 1. The van der Waals surface area contributed by atoms with Crippen LogP contribution in [0.1, 0.15) is 25.0 Å². The summed E-state index contributed by atoms with van der Waals surface area (Å²) in [4.78, 5) is 22.7. The SMILES string of the molecule is CC(C)(C(=O)O)C(=O)Nc1ccc(C(F)(F)F)cc1C#N. The zero-order valence-corrected chi connectivity index (χ0v) is 11.1. The number of aliphatic carboxylic acids is 1. The van der Waals surface area contributed by atoms with Gasteiger partial charge in [0.25, 0.3) is 0 Å².